The van der Waals surface area contributed by atoms with Crippen LogP contribution in [-0.4, -0.2) is 33.5 Å². The predicted octanol–water partition coefficient (Wildman–Crippen LogP) is 4.33. The maximum atomic E-state index is 13.3. The zero-order valence-corrected chi connectivity index (χ0v) is 19.4. The molecule has 0 spiro atoms. The zero-order chi connectivity index (χ0) is 23.5. The number of ether oxygens (including phenoxy) is 3. The zero-order valence-electron chi connectivity index (χ0n) is 18.6. The molecule has 7 heteroatoms. The van der Waals surface area contributed by atoms with E-state index >= 15 is 0 Å². The van der Waals surface area contributed by atoms with Gasteiger partial charge in [0.1, 0.15) is 0 Å². The third-order valence-electron chi connectivity index (χ3n) is 5.06. The third-order valence-corrected chi connectivity index (χ3v) is 7.06. The SMILES string of the molecule is COC(=O)Cc1ccc(S(=O)(=O)C(CCOCc2ccccc2)OCc2ccccc2)cc1. The van der Waals surface area contributed by atoms with E-state index in [1.807, 2.05) is 60.7 Å². The Morgan fingerprint density at radius 3 is 1.94 bits per heavy atom. The van der Waals surface area contributed by atoms with Crippen LogP contribution in [0.3, 0.4) is 0 Å². The summed E-state index contributed by atoms with van der Waals surface area (Å²) in [6.07, 6.45) is 0.268. The quantitative estimate of drug-likeness (QED) is 0.291. The highest BCUT2D eigenvalue weighted by molar-refractivity contribution is 7.91. The van der Waals surface area contributed by atoms with E-state index in [1.165, 1.54) is 19.2 Å². The third kappa shape index (κ3) is 7.53. The van der Waals surface area contributed by atoms with Crippen LogP contribution in [-0.2, 0) is 48.5 Å². The molecule has 33 heavy (non-hydrogen) atoms. The number of hydrogen-bond acceptors (Lipinski definition) is 6. The van der Waals surface area contributed by atoms with E-state index in [2.05, 4.69) is 4.74 Å². The average Bonchev–Trinajstić information content (AvgIpc) is 2.85. The molecular weight excluding hydrogens is 440 g/mol. The number of hydrogen-bond donors (Lipinski definition) is 0. The van der Waals surface area contributed by atoms with Crippen molar-refractivity contribution in [1.29, 1.82) is 0 Å². The van der Waals surface area contributed by atoms with Crippen molar-refractivity contribution in [2.45, 2.75) is 36.4 Å². The lowest BCUT2D eigenvalue weighted by molar-refractivity contribution is -0.139. The first-order chi connectivity index (χ1) is 16.0. The molecule has 0 aromatic heterocycles. The highest BCUT2D eigenvalue weighted by Gasteiger charge is 2.28. The van der Waals surface area contributed by atoms with Crippen LogP contribution in [0.1, 0.15) is 23.1 Å². The summed E-state index contributed by atoms with van der Waals surface area (Å²) in [5, 5.41) is 0. The van der Waals surface area contributed by atoms with Crippen LogP contribution in [0.4, 0.5) is 0 Å². The van der Waals surface area contributed by atoms with Crippen molar-refractivity contribution in [1.82, 2.24) is 0 Å². The Labute approximate surface area is 195 Å². The first-order valence-electron chi connectivity index (χ1n) is 10.7. The minimum absolute atomic E-state index is 0.0814. The highest BCUT2D eigenvalue weighted by atomic mass is 32.2. The molecule has 6 nitrogen and oxygen atoms in total. The molecule has 174 valence electrons. The normalized spacial score (nSPS) is 12.3. The van der Waals surface area contributed by atoms with Gasteiger partial charge in [0, 0.05) is 6.42 Å². The van der Waals surface area contributed by atoms with E-state index in [-0.39, 0.29) is 36.9 Å². The van der Waals surface area contributed by atoms with Crippen molar-refractivity contribution >= 4 is 15.8 Å². The molecule has 1 atom stereocenters. The van der Waals surface area contributed by atoms with Crippen LogP contribution >= 0.6 is 0 Å². The van der Waals surface area contributed by atoms with Gasteiger partial charge >= 0.3 is 5.97 Å². The largest absolute Gasteiger partial charge is 0.469 e. The molecule has 1 unspecified atom stereocenters. The van der Waals surface area contributed by atoms with Crippen molar-refractivity contribution in [3.8, 4) is 0 Å². The van der Waals surface area contributed by atoms with Gasteiger partial charge in [-0.15, -0.1) is 0 Å². The highest BCUT2D eigenvalue weighted by Crippen LogP contribution is 2.22. The Balaban J connectivity index is 1.69. The maximum absolute atomic E-state index is 13.3. The molecule has 3 aromatic carbocycles. The lowest BCUT2D eigenvalue weighted by Crippen LogP contribution is -2.26. The maximum Gasteiger partial charge on any atom is 0.309 e. The van der Waals surface area contributed by atoms with E-state index in [0.29, 0.717) is 12.2 Å². The number of methoxy groups -OCH3 is 1. The van der Waals surface area contributed by atoms with Crippen molar-refractivity contribution < 1.29 is 27.4 Å². The molecule has 0 saturated carbocycles. The smallest absolute Gasteiger partial charge is 0.309 e. The van der Waals surface area contributed by atoms with Gasteiger partial charge in [-0.2, -0.15) is 0 Å². The molecule has 0 aliphatic heterocycles. The second-order valence-electron chi connectivity index (χ2n) is 7.49. The second-order valence-corrected chi connectivity index (χ2v) is 9.58. The lowest BCUT2D eigenvalue weighted by atomic mass is 10.2. The Morgan fingerprint density at radius 2 is 1.36 bits per heavy atom. The first-order valence-corrected chi connectivity index (χ1v) is 12.2. The number of esters is 1. The molecule has 0 fully saturated rings. The van der Waals surface area contributed by atoms with E-state index < -0.39 is 15.3 Å². The van der Waals surface area contributed by atoms with Crippen molar-refractivity contribution in [2.24, 2.45) is 0 Å². The van der Waals surface area contributed by atoms with Crippen molar-refractivity contribution in [2.75, 3.05) is 13.7 Å². The van der Waals surface area contributed by atoms with E-state index in [1.54, 1.807) is 12.1 Å². The topological polar surface area (TPSA) is 78.9 Å². The Hall–Kier alpha value is -3.00. The summed E-state index contributed by atoms with van der Waals surface area (Å²) in [6, 6.07) is 25.3. The standard InChI is InChI=1S/C26H28O6S/c1-30-25(27)18-21-12-14-24(15-13-21)33(28,29)26(32-20-23-10-6-3-7-11-23)16-17-31-19-22-8-4-2-5-9-22/h2-15,26H,16-20H2,1H3. The molecule has 0 N–H and O–H groups in total. The molecule has 0 aliphatic carbocycles. The van der Waals surface area contributed by atoms with Gasteiger partial charge in [0.2, 0.25) is 9.84 Å². The number of benzene rings is 3. The molecule has 0 bridgehead atoms. The van der Waals surface area contributed by atoms with Crippen molar-refractivity contribution in [3.05, 3.63) is 102 Å². The minimum atomic E-state index is -3.79. The molecule has 0 heterocycles. The molecule has 0 amide bonds. The van der Waals surface area contributed by atoms with Crippen LogP contribution in [0.5, 0.6) is 0 Å². The number of carbonyl (C=O) groups is 1. The molecule has 3 aromatic rings. The van der Waals surface area contributed by atoms with Crippen LogP contribution in [0.2, 0.25) is 0 Å². The number of sulfone groups is 1. The molecule has 0 radical (unpaired) electrons. The predicted molar refractivity (Wildman–Crippen MR) is 125 cm³/mol. The Morgan fingerprint density at radius 1 is 0.788 bits per heavy atom. The summed E-state index contributed by atoms with van der Waals surface area (Å²) in [5.41, 5.74) is 1.51. The fourth-order valence-corrected chi connectivity index (χ4v) is 4.70. The van der Waals surface area contributed by atoms with Gasteiger partial charge < -0.3 is 14.2 Å². The van der Waals surface area contributed by atoms with Gasteiger partial charge in [0.05, 0.1) is 38.2 Å². The molecule has 0 aliphatic rings. The average molecular weight is 469 g/mol. The van der Waals surface area contributed by atoms with Gasteiger partial charge in [0.25, 0.3) is 0 Å². The van der Waals surface area contributed by atoms with Gasteiger partial charge in [-0.25, -0.2) is 8.42 Å². The summed E-state index contributed by atoms with van der Waals surface area (Å²) in [4.78, 5) is 11.6. The number of carbonyl (C=O) groups excluding carboxylic acids is 1. The van der Waals surface area contributed by atoms with Crippen LogP contribution in [0.15, 0.2) is 89.8 Å². The fraction of sp³-hybridized carbons (Fsp3) is 0.269. The summed E-state index contributed by atoms with van der Waals surface area (Å²) >= 11 is 0. The van der Waals surface area contributed by atoms with Crippen LogP contribution in [0, 0.1) is 0 Å². The Bertz CT molecular complexity index is 1100. The van der Waals surface area contributed by atoms with E-state index in [9.17, 15) is 13.2 Å². The fourth-order valence-electron chi connectivity index (χ4n) is 3.22. The molecular formula is C26H28O6S. The second kappa shape index (κ2) is 12.3. The van der Waals surface area contributed by atoms with Gasteiger partial charge in [-0.1, -0.05) is 72.8 Å². The molecule has 0 saturated heterocycles. The molecule has 3 rings (SSSR count). The first kappa shape index (κ1) is 24.6. The van der Waals surface area contributed by atoms with Crippen LogP contribution < -0.4 is 0 Å². The van der Waals surface area contributed by atoms with Gasteiger partial charge in [0.15, 0.2) is 5.44 Å². The van der Waals surface area contributed by atoms with Crippen LogP contribution in [0.25, 0.3) is 0 Å². The minimum Gasteiger partial charge on any atom is -0.469 e. The summed E-state index contributed by atoms with van der Waals surface area (Å²) in [5.74, 6) is -0.384. The van der Waals surface area contributed by atoms with Gasteiger partial charge in [-0.05, 0) is 28.8 Å². The Kier molecular flexibility index (Phi) is 9.18. The van der Waals surface area contributed by atoms with E-state index in [4.69, 9.17) is 9.47 Å². The monoisotopic (exact) mass is 468 g/mol. The van der Waals surface area contributed by atoms with E-state index in [0.717, 1.165) is 11.1 Å². The summed E-state index contributed by atoms with van der Waals surface area (Å²) in [7, 11) is -2.47. The van der Waals surface area contributed by atoms with Gasteiger partial charge in [-0.3, -0.25) is 4.79 Å². The summed E-state index contributed by atoms with van der Waals surface area (Å²) < 4.78 is 42.9. The lowest BCUT2D eigenvalue weighted by Gasteiger charge is -2.19. The number of rotatable bonds is 12. The summed E-state index contributed by atoms with van der Waals surface area (Å²) in [6.45, 7) is 0.798. The van der Waals surface area contributed by atoms with Crippen molar-refractivity contribution in [3.63, 3.8) is 0 Å².